The predicted octanol–water partition coefficient (Wildman–Crippen LogP) is 1.27. The number of hydrogen-bond donors (Lipinski definition) is 2. The van der Waals surface area contributed by atoms with Crippen LogP contribution in [0.2, 0.25) is 0 Å². The number of alkyl halides is 1. The van der Waals surface area contributed by atoms with E-state index in [0.29, 0.717) is 0 Å². The first-order valence-corrected chi connectivity index (χ1v) is 3.91. The van der Waals surface area contributed by atoms with Crippen molar-refractivity contribution in [3.8, 4) is 0 Å². The largest absolute Gasteiger partial charge is 0.285 e. The van der Waals surface area contributed by atoms with E-state index in [0.717, 1.165) is 0 Å². The predicted molar refractivity (Wildman–Crippen MR) is 48.9 cm³/mol. The fraction of sp³-hybridized carbons (Fsp3) is 0.750. The zero-order valence-corrected chi connectivity index (χ0v) is 7.69. The number of rotatable bonds is 3. The molecule has 0 saturated heterocycles. The third-order valence-electron chi connectivity index (χ3n) is 0.791. The molecule has 8 heavy (non-hydrogen) atoms. The van der Waals surface area contributed by atoms with Crippen LogP contribution in [-0.2, 0) is 0 Å². The minimum absolute atomic E-state index is 0.213. The average Bonchev–Trinajstić information content (AvgIpc) is 1.84. The number of thiol groups is 1. The summed E-state index contributed by atoms with van der Waals surface area (Å²) in [6, 6.07) is 0.288. The minimum Gasteiger partial charge on any atom is -0.285 e. The van der Waals surface area contributed by atoms with Gasteiger partial charge >= 0.3 is 0 Å². The fourth-order valence-electron chi connectivity index (χ4n) is 0.220. The molecule has 48 valence electrons. The maximum absolute atomic E-state index is 3.87. The Morgan fingerprint density at radius 1 is 1.88 bits per heavy atom. The summed E-state index contributed by atoms with van der Waals surface area (Å²) < 4.78 is 2.98. The normalized spacial score (nSPS) is 17.4. The number of nitrogens with zero attached hydrogens (tertiary/aromatic N) is 1. The molecule has 0 fully saturated rings. The van der Waals surface area contributed by atoms with Crippen molar-refractivity contribution in [2.24, 2.45) is 4.99 Å². The van der Waals surface area contributed by atoms with Crippen molar-refractivity contribution in [1.82, 2.24) is 4.72 Å². The zero-order chi connectivity index (χ0) is 6.57. The molecule has 0 heterocycles. The molecular weight excluding hydrogens is 235 g/mol. The molecule has 1 unspecified atom stereocenters. The van der Waals surface area contributed by atoms with Gasteiger partial charge in [0.1, 0.15) is 4.05 Å². The first-order valence-electron chi connectivity index (χ1n) is 2.22. The van der Waals surface area contributed by atoms with Gasteiger partial charge in [-0.1, -0.05) is 35.4 Å². The second kappa shape index (κ2) is 4.58. The topological polar surface area (TPSA) is 24.4 Å². The van der Waals surface area contributed by atoms with Crippen LogP contribution in [0.15, 0.2) is 4.99 Å². The van der Waals surface area contributed by atoms with Crippen LogP contribution < -0.4 is 4.72 Å². The molecule has 4 heteroatoms. The first-order chi connectivity index (χ1) is 3.72. The highest BCUT2D eigenvalue weighted by atomic mass is 127. The van der Waals surface area contributed by atoms with Crippen LogP contribution in [0.3, 0.4) is 0 Å². The summed E-state index contributed by atoms with van der Waals surface area (Å²) in [5.41, 5.74) is 0. The van der Waals surface area contributed by atoms with Crippen LogP contribution in [0, 0.1) is 0 Å². The van der Waals surface area contributed by atoms with E-state index in [1.165, 1.54) is 0 Å². The molecule has 0 aliphatic rings. The lowest BCUT2D eigenvalue weighted by atomic mass is 10.4. The molecule has 0 bridgehead atoms. The van der Waals surface area contributed by atoms with Gasteiger partial charge < -0.3 is 0 Å². The van der Waals surface area contributed by atoms with Crippen LogP contribution in [0.4, 0.5) is 0 Å². The highest BCUT2D eigenvalue weighted by Crippen LogP contribution is 2.06. The summed E-state index contributed by atoms with van der Waals surface area (Å²) in [5, 5.41) is 0. The van der Waals surface area contributed by atoms with Crippen LogP contribution in [0.5, 0.6) is 0 Å². The van der Waals surface area contributed by atoms with Crippen molar-refractivity contribution in [1.29, 1.82) is 0 Å². The highest BCUT2D eigenvalue weighted by molar-refractivity contribution is 14.1. The summed E-state index contributed by atoms with van der Waals surface area (Å²) in [4.78, 5) is 3.78. The van der Waals surface area contributed by atoms with E-state index in [4.69, 9.17) is 0 Å². The molecule has 0 amide bonds. The summed E-state index contributed by atoms with van der Waals surface area (Å²) in [6.07, 6.45) is 0. The smallest absolute Gasteiger partial charge is 0.116 e. The van der Waals surface area contributed by atoms with Crippen LogP contribution in [-0.4, -0.2) is 16.8 Å². The van der Waals surface area contributed by atoms with Crippen LogP contribution in [0.1, 0.15) is 6.92 Å². The molecule has 2 nitrogen and oxygen atoms in total. The van der Waals surface area contributed by atoms with Crippen molar-refractivity contribution >= 4 is 42.1 Å². The molecule has 0 aliphatic heterocycles. The third kappa shape index (κ3) is 2.88. The van der Waals surface area contributed by atoms with Gasteiger partial charge in [-0.15, -0.1) is 0 Å². The number of halogens is 1. The van der Waals surface area contributed by atoms with Gasteiger partial charge in [0.25, 0.3) is 0 Å². The highest BCUT2D eigenvalue weighted by Gasteiger charge is 2.06. The summed E-state index contributed by atoms with van der Waals surface area (Å²) in [6.45, 7) is 5.40. The Morgan fingerprint density at radius 2 is 2.38 bits per heavy atom. The monoisotopic (exact) mass is 244 g/mol. The second-order valence-corrected chi connectivity index (χ2v) is 3.01. The molecule has 2 atom stereocenters. The minimum atomic E-state index is 0.213. The van der Waals surface area contributed by atoms with E-state index in [1.807, 2.05) is 6.92 Å². The molecule has 0 aromatic rings. The van der Waals surface area contributed by atoms with Crippen molar-refractivity contribution in [3.05, 3.63) is 0 Å². The van der Waals surface area contributed by atoms with Crippen molar-refractivity contribution in [2.75, 3.05) is 0 Å². The molecule has 0 aliphatic carbocycles. The van der Waals surface area contributed by atoms with E-state index in [9.17, 15) is 0 Å². The second-order valence-electron chi connectivity index (χ2n) is 1.47. The molecule has 0 aromatic carbocycles. The lowest BCUT2D eigenvalue weighted by Crippen LogP contribution is -2.25. The Labute approximate surface area is 68.8 Å². The van der Waals surface area contributed by atoms with Gasteiger partial charge in [0, 0.05) is 6.04 Å². The summed E-state index contributed by atoms with van der Waals surface area (Å²) >= 11 is 6.06. The molecule has 1 N–H and O–H groups in total. The van der Waals surface area contributed by atoms with Gasteiger partial charge in [0.05, 0.1) is 0 Å². The van der Waals surface area contributed by atoms with Gasteiger partial charge in [0.15, 0.2) is 0 Å². The SMILES string of the molecule is C=NC(I)[C@@H](C)NS. The van der Waals surface area contributed by atoms with E-state index in [-0.39, 0.29) is 10.1 Å². The van der Waals surface area contributed by atoms with E-state index in [2.05, 4.69) is 51.8 Å². The standard InChI is InChI=1S/C4H9IN2S/c1-3(7-8)4(5)6-2/h3-4,7-8H,2H2,1H3/t3-,4?/m1/s1. The summed E-state index contributed by atoms with van der Waals surface area (Å²) in [7, 11) is 0. The van der Waals surface area contributed by atoms with Crippen molar-refractivity contribution < 1.29 is 0 Å². The lowest BCUT2D eigenvalue weighted by molar-refractivity contribution is 0.691. The third-order valence-corrected chi connectivity index (χ3v) is 2.67. The van der Waals surface area contributed by atoms with Gasteiger partial charge in [-0.05, 0) is 13.6 Å². The average molecular weight is 244 g/mol. The number of aliphatic imine (C=N–C) groups is 1. The van der Waals surface area contributed by atoms with Crippen molar-refractivity contribution in [3.63, 3.8) is 0 Å². The molecule has 0 saturated carbocycles. The van der Waals surface area contributed by atoms with E-state index in [1.54, 1.807) is 0 Å². The van der Waals surface area contributed by atoms with Crippen LogP contribution >= 0.6 is 35.4 Å². The number of nitrogens with one attached hydrogen (secondary N) is 1. The van der Waals surface area contributed by atoms with Crippen LogP contribution in [0.25, 0.3) is 0 Å². The lowest BCUT2D eigenvalue weighted by Gasteiger charge is -2.10. The Balaban J connectivity index is 3.44. The molecule has 0 aromatic heterocycles. The molecular formula is C4H9IN2S. The van der Waals surface area contributed by atoms with E-state index >= 15 is 0 Å². The maximum Gasteiger partial charge on any atom is 0.116 e. The molecule has 0 spiro atoms. The van der Waals surface area contributed by atoms with E-state index < -0.39 is 0 Å². The molecule has 0 rings (SSSR count). The quantitative estimate of drug-likeness (QED) is 0.252. The Morgan fingerprint density at radius 3 is 2.50 bits per heavy atom. The maximum atomic E-state index is 3.87. The van der Waals surface area contributed by atoms with Gasteiger partial charge in [-0.2, -0.15) is 0 Å². The zero-order valence-electron chi connectivity index (χ0n) is 4.63. The number of hydrogen-bond acceptors (Lipinski definition) is 3. The fourth-order valence-corrected chi connectivity index (χ4v) is 0.825. The van der Waals surface area contributed by atoms with Crippen molar-refractivity contribution in [2.45, 2.75) is 17.0 Å². The Hall–Kier alpha value is 0.710. The first kappa shape index (κ1) is 8.71. The van der Waals surface area contributed by atoms with Gasteiger partial charge in [0.2, 0.25) is 0 Å². The Bertz CT molecular complexity index is 78.4. The van der Waals surface area contributed by atoms with Gasteiger partial charge in [-0.3, -0.25) is 9.71 Å². The molecule has 0 radical (unpaired) electrons. The summed E-state index contributed by atoms with van der Waals surface area (Å²) in [5.74, 6) is 0. The van der Waals surface area contributed by atoms with Gasteiger partial charge in [-0.25, -0.2) is 0 Å². The Kier molecular flexibility index (Phi) is 4.98.